The lowest BCUT2D eigenvalue weighted by Crippen LogP contribution is -2.35. The summed E-state index contributed by atoms with van der Waals surface area (Å²) in [5.74, 6) is -3.00. The SMILES string of the molecule is [2H]C([2H])(Cl)CN(C([2H])([2H])CCl)P1(=O)NCCC([2H])([2H])O1. The lowest BCUT2D eigenvalue weighted by Gasteiger charge is -2.33. The Labute approximate surface area is 103 Å². The predicted molar refractivity (Wildman–Crippen MR) is 59.2 cm³/mol. The van der Waals surface area contributed by atoms with Crippen molar-refractivity contribution in [3.05, 3.63) is 0 Å². The normalized spacial score (nSPS) is 40.2. The quantitative estimate of drug-likeness (QED) is 0.610. The second-order valence-corrected chi connectivity index (χ2v) is 4.95. The van der Waals surface area contributed by atoms with E-state index in [1.165, 1.54) is 0 Å². The molecule has 0 spiro atoms. The maximum Gasteiger partial charge on any atom is 0.343 e. The highest BCUT2D eigenvalue weighted by Crippen LogP contribution is 2.47. The van der Waals surface area contributed by atoms with Gasteiger partial charge < -0.3 is 4.52 Å². The van der Waals surface area contributed by atoms with Gasteiger partial charge in [0.2, 0.25) is 0 Å². The highest BCUT2D eigenvalue weighted by molar-refractivity contribution is 7.54. The van der Waals surface area contributed by atoms with Crippen molar-refractivity contribution in [2.45, 2.75) is 6.42 Å². The van der Waals surface area contributed by atoms with Crippen LogP contribution in [0, 0.1) is 0 Å². The number of halogens is 2. The van der Waals surface area contributed by atoms with Crippen LogP contribution >= 0.6 is 30.9 Å². The van der Waals surface area contributed by atoms with Crippen molar-refractivity contribution in [3.63, 3.8) is 0 Å². The van der Waals surface area contributed by atoms with Crippen LogP contribution in [0.1, 0.15) is 14.6 Å². The van der Waals surface area contributed by atoms with Gasteiger partial charge in [0.25, 0.3) is 0 Å². The Bertz CT molecular complexity index is 407. The third-order valence-electron chi connectivity index (χ3n) is 1.50. The van der Waals surface area contributed by atoms with E-state index >= 15 is 0 Å². The Morgan fingerprint density at radius 2 is 2.50 bits per heavy atom. The summed E-state index contributed by atoms with van der Waals surface area (Å²) in [6.07, 6.45) is -0.0670. The molecule has 1 aliphatic heterocycles. The lowest BCUT2D eigenvalue weighted by atomic mass is 10.5. The van der Waals surface area contributed by atoms with Crippen LogP contribution in [0.3, 0.4) is 0 Å². The summed E-state index contributed by atoms with van der Waals surface area (Å²) in [5.41, 5.74) is 0. The van der Waals surface area contributed by atoms with Gasteiger partial charge in [-0.05, 0) is 6.42 Å². The zero-order valence-electron chi connectivity index (χ0n) is 13.3. The van der Waals surface area contributed by atoms with Crippen LogP contribution in [0.15, 0.2) is 0 Å². The van der Waals surface area contributed by atoms with E-state index in [0.717, 1.165) is 0 Å². The van der Waals surface area contributed by atoms with Crippen molar-refractivity contribution in [3.8, 4) is 0 Å². The number of nitrogens with zero attached hydrogens (tertiary/aromatic N) is 1. The predicted octanol–water partition coefficient (Wildman–Crippen LogP) is 1.88. The first-order valence-corrected chi connectivity index (χ1v) is 6.39. The molecule has 1 aliphatic rings. The van der Waals surface area contributed by atoms with Gasteiger partial charge in [-0.3, -0.25) is 4.57 Å². The molecule has 0 aromatic heterocycles. The van der Waals surface area contributed by atoms with Gasteiger partial charge in [0.15, 0.2) is 0 Å². The topological polar surface area (TPSA) is 41.6 Å². The minimum Gasteiger partial charge on any atom is -0.306 e. The van der Waals surface area contributed by atoms with E-state index in [-0.39, 0.29) is 13.0 Å². The second kappa shape index (κ2) is 6.31. The highest BCUT2D eigenvalue weighted by Gasteiger charge is 2.32. The van der Waals surface area contributed by atoms with Crippen LogP contribution in [0.2, 0.25) is 0 Å². The zero-order valence-corrected chi connectivity index (χ0v) is 9.70. The minimum atomic E-state index is -4.16. The molecule has 14 heavy (non-hydrogen) atoms. The lowest BCUT2D eigenvalue weighted by molar-refractivity contribution is 0.233. The van der Waals surface area contributed by atoms with E-state index in [1.807, 2.05) is 0 Å². The molecular formula is C7H15Cl2N2O2P. The van der Waals surface area contributed by atoms with E-state index in [0.29, 0.717) is 4.67 Å². The Kier molecular flexibility index (Phi) is 2.90. The average molecular weight is 267 g/mol. The third-order valence-corrected chi connectivity index (χ3v) is 3.65. The molecule has 1 rings (SSSR count). The fourth-order valence-corrected chi connectivity index (χ4v) is 2.85. The Hall–Kier alpha value is 0.690. The van der Waals surface area contributed by atoms with Gasteiger partial charge in [0, 0.05) is 36.8 Å². The molecule has 0 aromatic rings. The van der Waals surface area contributed by atoms with Crippen LogP contribution in [0.25, 0.3) is 0 Å². The zero-order chi connectivity index (χ0) is 15.8. The first-order valence-electron chi connectivity index (χ1n) is 6.90. The summed E-state index contributed by atoms with van der Waals surface area (Å²) in [4.78, 5) is 0. The number of alkyl halides is 2. The molecule has 0 aromatic carbocycles. The smallest absolute Gasteiger partial charge is 0.306 e. The van der Waals surface area contributed by atoms with Gasteiger partial charge in [-0.25, -0.2) is 9.76 Å². The van der Waals surface area contributed by atoms with E-state index < -0.39 is 39.0 Å². The Balaban J connectivity index is 3.13. The molecule has 84 valence electrons. The Morgan fingerprint density at radius 1 is 1.71 bits per heavy atom. The molecule has 1 saturated heterocycles. The largest absolute Gasteiger partial charge is 0.343 e. The molecule has 1 fully saturated rings. The fraction of sp³-hybridized carbons (Fsp3) is 1.00. The van der Waals surface area contributed by atoms with Crippen LogP contribution in [-0.2, 0) is 9.09 Å². The molecular weight excluding hydrogens is 246 g/mol. The van der Waals surface area contributed by atoms with Crippen molar-refractivity contribution in [1.29, 1.82) is 0 Å². The molecule has 0 saturated carbocycles. The summed E-state index contributed by atoms with van der Waals surface area (Å²) < 4.78 is 63.1. The third kappa shape index (κ3) is 3.37. The molecule has 7 heteroatoms. The monoisotopic (exact) mass is 266 g/mol. The first-order chi connectivity index (χ1) is 8.81. The van der Waals surface area contributed by atoms with Crippen molar-refractivity contribution < 1.29 is 17.3 Å². The van der Waals surface area contributed by atoms with Gasteiger partial charge in [-0.15, -0.1) is 23.2 Å². The maximum atomic E-state index is 12.7. The number of nitrogens with one attached hydrogen (secondary N) is 1. The van der Waals surface area contributed by atoms with Gasteiger partial charge in [-0.1, -0.05) is 0 Å². The van der Waals surface area contributed by atoms with E-state index in [1.54, 1.807) is 0 Å². The molecule has 4 nitrogen and oxygen atoms in total. The van der Waals surface area contributed by atoms with E-state index in [2.05, 4.69) is 5.09 Å². The van der Waals surface area contributed by atoms with E-state index in [9.17, 15) is 4.57 Å². The van der Waals surface area contributed by atoms with Gasteiger partial charge >= 0.3 is 7.67 Å². The van der Waals surface area contributed by atoms with Crippen LogP contribution in [0.4, 0.5) is 0 Å². The summed E-state index contributed by atoms with van der Waals surface area (Å²) >= 11 is 10.9. The van der Waals surface area contributed by atoms with Crippen molar-refractivity contribution in [2.75, 3.05) is 37.9 Å². The van der Waals surface area contributed by atoms with Gasteiger partial charge in [0.1, 0.15) is 0 Å². The number of hydrogen-bond donors (Lipinski definition) is 1. The fourth-order valence-electron chi connectivity index (χ4n) is 0.916. The van der Waals surface area contributed by atoms with Crippen molar-refractivity contribution in [2.24, 2.45) is 0 Å². The van der Waals surface area contributed by atoms with Crippen molar-refractivity contribution >= 4 is 30.9 Å². The van der Waals surface area contributed by atoms with Crippen molar-refractivity contribution in [1.82, 2.24) is 9.76 Å². The highest BCUT2D eigenvalue weighted by atomic mass is 35.5. The minimum absolute atomic E-state index is 0.00949. The number of hydrogen-bond acceptors (Lipinski definition) is 2. The second-order valence-electron chi connectivity index (χ2n) is 2.40. The molecule has 1 N–H and O–H groups in total. The Morgan fingerprint density at radius 3 is 3.07 bits per heavy atom. The summed E-state index contributed by atoms with van der Waals surface area (Å²) in [7, 11) is -4.16. The molecule has 0 bridgehead atoms. The summed E-state index contributed by atoms with van der Waals surface area (Å²) in [6, 6.07) is 0. The summed E-state index contributed by atoms with van der Waals surface area (Å²) in [5, 5.41) is 2.41. The maximum absolute atomic E-state index is 12.7. The molecule has 1 unspecified atom stereocenters. The standard InChI is InChI=1S/C7H15Cl2N2O2P/c8-2-5-11(6-3-9)14(12)10-4-1-7-13-14/h1-7H2,(H,10,12)/i2D2,6D2,7D2. The van der Waals surface area contributed by atoms with Gasteiger partial charge in [0.05, 0.1) is 9.30 Å². The molecule has 1 atom stereocenters. The average Bonchev–Trinajstić information content (AvgIpc) is 2.22. The molecule has 0 aliphatic carbocycles. The van der Waals surface area contributed by atoms with Crippen LogP contribution in [0.5, 0.6) is 0 Å². The molecule has 1 heterocycles. The first kappa shape index (κ1) is 6.43. The van der Waals surface area contributed by atoms with Crippen LogP contribution < -0.4 is 5.09 Å². The molecule has 0 amide bonds. The molecule has 0 radical (unpaired) electrons. The van der Waals surface area contributed by atoms with Gasteiger partial charge in [-0.2, -0.15) is 0 Å². The number of rotatable bonds is 5. The van der Waals surface area contributed by atoms with E-state index in [4.69, 9.17) is 36.0 Å². The summed E-state index contributed by atoms with van der Waals surface area (Å²) in [6.45, 7) is -5.39. The van der Waals surface area contributed by atoms with Crippen LogP contribution in [-0.4, -0.2) is 42.5 Å².